The first-order valence-corrected chi connectivity index (χ1v) is 6.42. The van der Waals surface area contributed by atoms with Crippen LogP contribution in [0.4, 0.5) is 0 Å². The summed E-state index contributed by atoms with van der Waals surface area (Å²) in [5, 5.41) is 14.8. The molecule has 18 heavy (non-hydrogen) atoms. The molecule has 2 rings (SSSR count). The van der Waals surface area contributed by atoms with E-state index in [1.807, 2.05) is 0 Å². The molecule has 0 unspecified atom stereocenters. The van der Waals surface area contributed by atoms with Gasteiger partial charge in [0.1, 0.15) is 0 Å². The van der Waals surface area contributed by atoms with Crippen molar-refractivity contribution in [2.75, 3.05) is 33.5 Å². The van der Waals surface area contributed by atoms with E-state index in [2.05, 4.69) is 20.8 Å². The number of hydrogen-bond donors (Lipinski definition) is 1. The zero-order chi connectivity index (χ0) is 12.6. The molecule has 1 aliphatic rings. The van der Waals surface area contributed by atoms with Crippen LogP contribution in [0.15, 0.2) is 0 Å². The van der Waals surface area contributed by atoms with Crippen molar-refractivity contribution in [1.82, 2.24) is 25.5 Å². The summed E-state index contributed by atoms with van der Waals surface area (Å²) in [7, 11) is 1.68. The van der Waals surface area contributed by atoms with Crippen LogP contribution in [0.2, 0.25) is 0 Å². The molecule has 1 heterocycles. The third-order valence-electron chi connectivity index (χ3n) is 2.87. The van der Waals surface area contributed by atoms with Gasteiger partial charge in [-0.05, 0) is 29.2 Å². The van der Waals surface area contributed by atoms with Crippen molar-refractivity contribution in [3.05, 3.63) is 5.82 Å². The van der Waals surface area contributed by atoms with Gasteiger partial charge in [-0.1, -0.05) is 0 Å². The Morgan fingerprint density at radius 1 is 1.39 bits per heavy atom. The van der Waals surface area contributed by atoms with Crippen molar-refractivity contribution < 1.29 is 9.47 Å². The Morgan fingerprint density at radius 3 is 3.06 bits per heavy atom. The van der Waals surface area contributed by atoms with Crippen LogP contribution >= 0.6 is 0 Å². The predicted octanol–water partition coefficient (Wildman–Crippen LogP) is -0.164. The highest BCUT2D eigenvalue weighted by atomic mass is 16.5. The maximum absolute atomic E-state index is 5.57. The molecular formula is C11H21N5O2. The van der Waals surface area contributed by atoms with E-state index in [4.69, 9.17) is 9.47 Å². The Hall–Kier alpha value is -1.05. The molecule has 1 aromatic heterocycles. The van der Waals surface area contributed by atoms with Crippen LogP contribution in [0.5, 0.6) is 0 Å². The lowest BCUT2D eigenvalue weighted by molar-refractivity contribution is 0.113. The van der Waals surface area contributed by atoms with Crippen LogP contribution in [-0.4, -0.2) is 53.7 Å². The summed E-state index contributed by atoms with van der Waals surface area (Å²) < 4.78 is 12.3. The summed E-state index contributed by atoms with van der Waals surface area (Å²) >= 11 is 0. The summed E-state index contributed by atoms with van der Waals surface area (Å²) in [5.41, 5.74) is 0. The van der Waals surface area contributed by atoms with E-state index >= 15 is 0 Å². The Labute approximate surface area is 107 Å². The molecule has 7 heteroatoms. The molecule has 1 aromatic rings. The highest BCUT2D eigenvalue weighted by molar-refractivity contribution is 4.79. The molecule has 1 aliphatic carbocycles. The number of rotatable bonds is 10. The number of nitrogens with zero attached hydrogens (tertiary/aromatic N) is 4. The lowest BCUT2D eigenvalue weighted by Crippen LogP contribution is -2.22. The van der Waals surface area contributed by atoms with E-state index in [1.54, 1.807) is 11.8 Å². The molecule has 1 N–H and O–H groups in total. The Morgan fingerprint density at radius 2 is 2.28 bits per heavy atom. The van der Waals surface area contributed by atoms with Crippen LogP contribution in [0, 0.1) is 5.92 Å². The van der Waals surface area contributed by atoms with Crippen molar-refractivity contribution in [1.29, 1.82) is 0 Å². The number of nitrogens with one attached hydrogen (secondary N) is 1. The lowest BCUT2D eigenvalue weighted by atomic mass is 10.5. The topological polar surface area (TPSA) is 74.1 Å². The van der Waals surface area contributed by atoms with Crippen LogP contribution in [0.25, 0.3) is 0 Å². The molecule has 0 bridgehead atoms. The summed E-state index contributed by atoms with van der Waals surface area (Å²) in [6.45, 7) is 4.39. The number of methoxy groups -OCH3 is 1. The van der Waals surface area contributed by atoms with Gasteiger partial charge in [-0.15, -0.1) is 5.10 Å². The Balaban J connectivity index is 1.62. The molecule has 0 spiro atoms. The largest absolute Gasteiger partial charge is 0.383 e. The molecule has 1 saturated carbocycles. The van der Waals surface area contributed by atoms with Crippen molar-refractivity contribution >= 4 is 0 Å². The van der Waals surface area contributed by atoms with Crippen molar-refractivity contribution in [3.8, 4) is 0 Å². The third kappa shape index (κ3) is 4.67. The molecular weight excluding hydrogens is 234 g/mol. The maximum atomic E-state index is 5.57. The lowest BCUT2D eigenvalue weighted by Gasteiger charge is -2.06. The summed E-state index contributed by atoms with van der Waals surface area (Å²) in [6.07, 6.45) is 2.64. The van der Waals surface area contributed by atoms with Crippen LogP contribution < -0.4 is 5.32 Å². The number of ether oxygens (including phenoxy) is 2. The average molecular weight is 255 g/mol. The molecule has 0 aliphatic heterocycles. The Bertz CT molecular complexity index is 340. The van der Waals surface area contributed by atoms with Gasteiger partial charge < -0.3 is 14.8 Å². The van der Waals surface area contributed by atoms with Crippen LogP contribution in [0.1, 0.15) is 18.7 Å². The second-order valence-corrected chi connectivity index (χ2v) is 4.51. The van der Waals surface area contributed by atoms with Gasteiger partial charge in [0, 0.05) is 20.3 Å². The molecule has 0 radical (unpaired) electrons. The minimum Gasteiger partial charge on any atom is -0.383 e. The van der Waals surface area contributed by atoms with Gasteiger partial charge in [0.2, 0.25) is 0 Å². The first-order chi connectivity index (χ1) is 8.90. The fourth-order valence-electron chi connectivity index (χ4n) is 1.58. The minimum atomic E-state index is 0.652. The molecule has 0 aromatic carbocycles. The maximum Gasteiger partial charge on any atom is 0.165 e. The zero-order valence-electron chi connectivity index (χ0n) is 10.8. The highest BCUT2D eigenvalue weighted by Gasteiger charge is 2.21. The summed E-state index contributed by atoms with van der Waals surface area (Å²) in [5.74, 6) is 1.63. The van der Waals surface area contributed by atoms with Gasteiger partial charge in [0.15, 0.2) is 5.82 Å². The van der Waals surface area contributed by atoms with E-state index in [0.717, 1.165) is 24.9 Å². The second kappa shape index (κ2) is 7.40. The third-order valence-corrected chi connectivity index (χ3v) is 2.87. The number of tetrazole rings is 1. The van der Waals surface area contributed by atoms with E-state index in [1.165, 1.54) is 12.8 Å². The monoisotopic (exact) mass is 255 g/mol. The van der Waals surface area contributed by atoms with Gasteiger partial charge >= 0.3 is 0 Å². The molecule has 7 nitrogen and oxygen atoms in total. The zero-order valence-corrected chi connectivity index (χ0v) is 10.8. The Kier molecular flexibility index (Phi) is 5.50. The normalized spacial score (nSPS) is 15.2. The smallest absolute Gasteiger partial charge is 0.165 e. The van der Waals surface area contributed by atoms with Crippen molar-refractivity contribution in [2.24, 2.45) is 5.92 Å². The van der Waals surface area contributed by atoms with Gasteiger partial charge in [-0.3, -0.25) is 0 Å². The van der Waals surface area contributed by atoms with Crippen LogP contribution in [0.3, 0.4) is 0 Å². The SMILES string of the molecule is COCCNCc1nnnn1CCOCC1CC1. The first-order valence-electron chi connectivity index (χ1n) is 6.42. The van der Waals surface area contributed by atoms with E-state index < -0.39 is 0 Å². The molecule has 102 valence electrons. The summed E-state index contributed by atoms with van der Waals surface area (Å²) in [4.78, 5) is 0. The first kappa shape index (κ1) is 13.4. The van der Waals surface area contributed by atoms with E-state index in [0.29, 0.717) is 26.3 Å². The minimum absolute atomic E-state index is 0.652. The van der Waals surface area contributed by atoms with Crippen molar-refractivity contribution in [2.45, 2.75) is 25.9 Å². The van der Waals surface area contributed by atoms with Gasteiger partial charge in [0.05, 0.1) is 26.3 Å². The second-order valence-electron chi connectivity index (χ2n) is 4.51. The summed E-state index contributed by atoms with van der Waals surface area (Å²) in [6, 6.07) is 0. The van der Waals surface area contributed by atoms with Gasteiger partial charge in [-0.25, -0.2) is 4.68 Å². The highest BCUT2D eigenvalue weighted by Crippen LogP contribution is 2.28. The van der Waals surface area contributed by atoms with E-state index in [-0.39, 0.29) is 0 Å². The fourth-order valence-corrected chi connectivity index (χ4v) is 1.58. The van der Waals surface area contributed by atoms with E-state index in [9.17, 15) is 0 Å². The fraction of sp³-hybridized carbons (Fsp3) is 0.909. The number of aromatic nitrogens is 4. The average Bonchev–Trinajstić information content (AvgIpc) is 3.10. The molecule has 0 amide bonds. The van der Waals surface area contributed by atoms with Crippen LogP contribution in [-0.2, 0) is 22.6 Å². The quantitative estimate of drug-likeness (QED) is 0.585. The van der Waals surface area contributed by atoms with Gasteiger partial charge in [-0.2, -0.15) is 0 Å². The predicted molar refractivity (Wildman–Crippen MR) is 64.9 cm³/mol. The van der Waals surface area contributed by atoms with Gasteiger partial charge in [0.25, 0.3) is 0 Å². The van der Waals surface area contributed by atoms with Crippen molar-refractivity contribution in [3.63, 3.8) is 0 Å². The molecule has 0 saturated heterocycles. The standard InChI is InChI=1S/C11H21N5O2/c1-17-6-4-12-8-11-13-14-15-16(11)5-7-18-9-10-2-3-10/h10,12H,2-9H2,1H3. The number of hydrogen-bond acceptors (Lipinski definition) is 6. The molecule has 1 fully saturated rings. The molecule has 0 atom stereocenters.